The van der Waals surface area contributed by atoms with E-state index in [1.54, 1.807) is 0 Å². The summed E-state index contributed by atoms with van der Waals surface area (Å²) < 4.78 is 26.4. The molecular weight excluding hydrogens is 675 g/mol. The number of allylic oxidation sites excluding steroid dienone is 2. The summed E-state index contributed by atoms with van der Waals surface area (Å²) in [6, 6.07) is 0. The molecular formula is C43H83O8P. The van der Waals surface area contributed by atoms with E-state index in [1.807, 2.05) is 0 Å². The molecule has 0 heterocycles. The molecule has 0 saturated carbocycles. The highest BCUT2D eigenvalue weighted by atomic mass is 31.2. The number of phosphoric ester groups is 1. The Kier molecular flexibility index (Phi) is 38.6. The molecule has 2 N–H and O–H groups in total. The molecule has 0 rings (SSSR count). The summed E-state index contributed by atoms with van der Waals surface area (Å²) in [6.45, 7) is 3.70. The first kappa shape index (κ1) is 50.8. The number of carbonyl (C=O) groups is 2. The van der Waals surface area contributed by atoms with Crippen molar-refractivity contribution in [1.82, 2.24) is 0 Å². The van der Waals surface area contributed by atoms with Crippen molar-refractivity contribution in [2.24, 2.45) is 0 Å². The Morgan fingerprint density at radius 3 is 1.17 bits per heavy atom. The van der Waals surface area contributed by atoms with E-state index in [9.17, 15) is 14.2 Å². The van der Waals surface area contributed by atoms with Crippen molar-refractivity contribution in [3.05, 3.63) is 12.2 Å². The summed E-state index contributed by atoms with van der Waals surface area (Å²) in [4.78, 5) is 42.9. The van der Waals surface area contributed by atoms with Crippen LogP contribution in [0.4, 0.5) is 0 Å². The minimum atomic E-state index is -4.75. The molecule has 0 aromatic carbocycles. The Labute approximate surface area is 320 Å². The van der Waals surface area contributed by atoms with Crippen LogP contribution in [0.5, 0.6) is 0 Å². The maximum absolute atomic E-state index is 12.4. The lowest BCUT2D eigenvalue weighted by Gasteiger charge is -2.18. The molecule has 1 atom stereocenters. The normalized spacial score (nSPS) is 12.5. The number of hydrogen-bond donors (Lipinski definition) is 2. The monoisotopic (exact) mass is 759 g/mol. The first-order chi connectivity index (χ1) is 25.3. The van der Waals surface area contributed by atoms with Gasteiger partial charge in [-0.3, -0.25) is 14.1 Å². The number of carbonyl (C=O) groups excluding carboxylic acids is 2. The van der Waals surface area contributed by atoms with Gasteiger partial charge >= 0.3 is 19.8 Å². The van der Waals surface area contributed by atoms with Crippen LogP contribution in [0.2, 0.25) is 0 Å². The van der Waals surface area contributed by atoms with Crippen molar-refractivity contribution in [3.63, 3.8) is 0 Å². The lowest BCUT2D eigenvalue weighted by Crippen LogP contribution is -2.29. The summed E-state index contributed by atoms with van der Waals surface area (Å²) in [5.74, 6) is -0.881. The number of esters is 2. The average Bonchev–Trinajstić information content (AvgIpc) is 3.11. The molecule has 0 aromatic rings. The molecule has 9 heteroatoms. The number of phosphoric acid groups is 1. The molecule has 0 spiro atoms. The summed E-state index contributed by atoms with van der Waals surface area (Å²) >= 11 is 0. The fraction of sp³-hybridized carbons (Fsp3) is 0.907. The van der Waals surface area contributed by atoms with Crippen LogP contribution in [0.15, 0.2) is 12.2 Å². The first-order valence-corrected chi connectivity index (χ1v) is 23.5. The minimum Gasteiger partial charge on any atom is -0.462 e. The third-order valence-electron chi connectivity index (χ3n) is 9.78. The van der Waals surface area contributed by atoms with E-state index >= 15 is 0 Å². The third kappa shape index (κ3) is 41.5. The van der Waals surface area contributed by atoms with Crippen molar-refractivity contribution in [2.75, 3.05) is 13.2 Å². The molecule has 0 unspecified atom stereocenters. The molecule has 0 bridgehead atoms. The van der Waals surface area contributed by atoms with Gasteiger partial charge in [-0.25, -0.2) is 4.57 Å². The first-order valence-electron chi connectivity index (χ1n) is 22.0. The van der Waals surface area contributed by atoms with Crippen LogP contribution in [-0.2, 0) is 28.2 Å². The summed E-state index contributed by atoms with van der Waals surface area (Å²) in [5, 5.41) is 0. The number of rotatable bonds is 41. The summed E-state index contributed by atoms with van der Waals surface area (Å²) in [6.07, 6.45) is 43.6. The van der Waals surface area contributed by atoms with Gasteiger partial charge in [0.25, 0.3) is 0 Å². The zero-order valence-electron chi connectivity index (χ0n) is 34.0. The van der Waals surface area contributed by atoms with E-state index in [4.69, 9.17) is 19.3 Å². The predicted octanol–water partition coefficient (Wildman–Crippen LogP) is 13.4. The van der Waals surface area contributed by atoms with Crippen molar-refractivity contribution < 1.29 is 37.9 Å². The molecule has 8 nitrogen and oxygen atoms in total. The molecule has 0 aromatic heterocycles. The van der Waals surface area contributed by atoms with Crippen molar-refractivity contribution >= 4 is 19.8 Å². The van der Waals surface area contributed by atoms with Gasteiger partial charge < -0.3 is 19.3 Å². The molecule has 0 fully saturated rings. The number of hydrogen-bond acceptors (Lipinski definition) is 6. The molecule has 52 heavy (non-hydrogen) atoms. The van der Waals surface area contributed by atoms with Gasteiger partial charge in [-0.2, -0.15) is 0 Å². The molecule has 0 aliphatic heterocycles. The second-order valence-electron chi connectivity index (χ2n) is 15.0. The quantitative estimate of drug-likeness (QED) is 0.0274. The Hall–Kier alpha value is -1.21. The van der Waals surface area contributed by atoms with Crippen molar-refractivity contribution in [3.8, 4) is 0 Å². The Balaban J connectivity index is 3.86. The number of unbranched alkanes of at least 4 members (excludes halogenated alkanes) is 29. The molecule has 0 saturated heterocycles. The highest BCUT2D eigenvalue weighted by molar-refractivity contribution is 7.46. The Bertz CT molecular complexity index is 858. The molecule has 308 valence electrons. The molecule has 0 aliphatic carbocycles. The second-order valence-corrected chi connectivity index (χ2v) is 16.3. The standard InChI is InChI=1S/C43H83O8P/c1-3-5-7-9-11-13-15-17-19-20-21-22-24-26-28-30-32-34-36-38-43(45)51-41(40-50-52(46,47)48)39-49-42(44)37-35-33-31-29-27-25-23-18-16-14-12-10-8-6-4-2/h18,23,41H,3-17,19-22,24-40H2,1-2H3,(H2,46,47,48)/b23-18-/t41-/m1/s1. The Morgan fingerprint density at radius 1 is 0.481 bits per heavy atom. The van der Waals surface area contributed by atoms with Crippen LogP contribution in [0.25, 0.3) is 0 Å². The van der Waals surface area contributed by atoms with Gasteiger partial charge in [0.05, 0.1) is 6.61 Å². The largest absolute Gasteiger partial charge is 0.469 e. The van der Waals surface area contributed by atoms with Crippen LogP contribution in [0, 0.1) is 0 Å². The topological polar surface area (TPSA) is 119 Å². The molecule has 0 radical (unpaired) electrons. The maximum Gasteiger partial charge on any atom is 0.469 e. The fourth-order valence-electron chi connectivity index (χ4n) is 6.49. The fourth-order valence-corrected chi connectivity index (χ4v) is 6.85. The predicted molar refractivity (Wildman–Crippen MR) is 216 cm³/mol. The third-order valence-corrected chi connectivity index (χ3v) is 10.3. The van der Waals surface area contributed by atoms with E-state index < -0.39 is 32.5 Å². The van der Waals surface area contributed by atoms with E-state index in [0.717, 1.165) is 51.4 Å². The van der Waals surface area contributed by atoms with E-state index in [1.165, 1.54) is 148 Å². The minimum absolute atomic E-state index is 0.216. The van der Waals surface area contributed by atoms with E-state index in [0.29, 0.717) is 6.42 Å². The highest BCUT2D eigenvalue weighted by Crippen LogP contribution is 2.36. The van der Waals surface area contributed by atoms with Crippen molar-refractivity contribution in [2.45, 2.75) is 238 Å². The molecule has 0 aliphatic rings. The zero-order valence-corrected chi connectivity index (χ0v) is 34.9. The van der Waals surface area contributed by atoms with Crippen LogP contribution in [-0.4, -0.2) is 41.0 Å². The number of ether oxygens (including phenoxy) is 2. The SMILES string of the molecule is CCCCCCCC/C=C\CCCCCCCC(=O)OC[C@H](COP(=O)(O)O)OC(=O)CCCCCCCCCCCCCCCCCCCCC. The van der Waals surface area contributed by atoms with Gasteiger partial charge in [0.15, 0.2) is 6.10 Å². The van der Waals surface area contributed by atoms with Crippen LogP contribution in [0.3, 0.4) is 0 Å². The van der Waals surface area contributed by atoms with Gasteiger partial charge in [0, 0.05) is 12.8 Å². The van der Waals surface area contributed by atoms with Crippen LogP contribution in [0.1, 0.15) is 232 Å². The Morgan fingerprint density at radius 2 is 0.808 bits per heavy atom. The van der Waals surface area contributed by atoms with E-state index in [-0.39, 0.29) is 19.4 Å². The van der Waals surface area contributed by atoms with Gasteiger partial charge in [0.1, 0.15) is 6.61 Å². The smallest absolute Gasteiger partial charge is 0.462 e. The van der Waals surface area contributed by atoms with Crippen LogP contribution < -0.4 is 0 Å². The zero-order chi connectivity index (χ0) is 38.2. The molecule has 0 amide bonds. The van der Waals surface area contributed by atoms with Crippen LogP contribution >= 0.6 is 7.82 Å². The lowest BCUT2D eigenvalue weighted by molar-refractivity contribution is -0.161. The summed E-state index contributed by atoms with van der Waals surface area (Å²) in [7, 11) is -4.75. The van der Waals surface area contributed by atoms with Gasteiger partial charge in [0.2, 0.25) is 0 Å². The van der Waals surface area contributed by atoms with Gasteiger partial charge in [-0.15, -0.1) is 0 Å². The summed E-state index contributed by atoms with van der Waals surface area (Å²) in [5.41, 5.74) is 0. The van der Waals surface area contributed by atoms with E-state index in [2.05, 4.69) is 30.5 Å². The van der Waals surface area contributed by atoms with Gasteiger partial charge in [-0.1, -0.05) is 193 Å². The highest BCUT2D eigenvalue weighted by Gasteiger charge is 2.22. The maximum atomic E-state index is 12.4. The average molecular weight is 759 g/mol. The van der Waals surface area contributed by atoms with Crippen molar-refractivity contribution in [1.29, 1.82) is 0 Å². The van der Waals surface area contributed by atoms with Gasteiger partial charge in [-0.05, 0) is 38.5 Å². The lowest BCUT2D eigenvalue weighted by atomic mass is 10.0. The second kappa shape index (κ2) is 39.5.